The summed E-state index contributed by atoms with van der Waals surface area (Å²) in [6.45, 7) is -0.119. The van der Waals surface area contributed by atoms with Gasteiger partial charge >= 0.3 is 0 Å². The average molecular weight is 333 g/mol. The van der Waals surface area contributed by atoms with Crippen LogP contribution >= 0.6 is 0 Å². The fourth-order valence-corrected chi connectivity index (χ4v) is 3.68. The van der Waals surface area contributed by atoms with Crippen molar-refractivity contribution in [3.05, 3.63) is 54.4 Å². The van der Waals surface area contributed by atoms with E-state index in [2.05, 4.69) is 11.1 Å². The van der Waals surface area contributed by atoms with E-state index in [1.54, 1.807) is 11.1 Å². The molecule has 2 fully saturated rings. The molecule has 2 aliphatic rings. The van der Waals surface area contributed by atoms with Crippen LogP contribution in [0.4, 0.5) is 0 Å². The Kier molecular flexibility index (Phi) is 3.98. The van der Waals surface area contributed by atoms with Crippen LogP contribution in [0.25, 0.3) is 11.1 Å². The van der Waals surface area contributed by atoms with Gasteiger partial charge in [0.2, 0.25) is 5.91 Å². The highest BCUT2D eigenvalue weighted by Gasteiger charge is 2.53. The molecule has 1 N–H and O–H groups in total. The molecule has 0 bridgehead atoms. The Bertz CT molecular complexity index is 809. The van der Waals surface area contributed by atoms with Crippen molar-refractivity contribution < 1.29 is 9.90 Å². The maximum atomic E-state index is 12.4. The maximum absolute atomic E-state index is 12.4. The molecule has 25 heavy (non-hydrogen) atoms. The first kappa shape index (κ1) is 15.8. The number of likely N-dealkylation sites (tertiary alicyclic amines) is 1. The number of carbonyl (C=O) groups is 1. The Hall–Kier alpha value is -2.71. The predicted molar refractivity (Wildman–Crippen MR) is 92.3 cm³/mol. The fraction of sp³-hybridized carbons (Fsp3) is 0.350. The molecule has 5 heteroatoms. The van der Waals surface area contributed by atoms with Crippen LogP contribution in [0.1, 0.15) is 24.3 Å². The van der Waals surface area contributed by atoms with Crippen LogP contribution < -0.4 is 0 Å². The number of nitriles is 1. The normalized spacial score (nSPS) is 25.1. The fourth-order valence-electron chi connectivity index (χ4n) is 3.68. The number of aromatic nitrogens is 1. The second kappa shape index (κ2) is 6.30. The van der Waals surface area contributed by atoms with Crippen LogP contribution in [0.15, 0.2) is 48.8 Å². The third kappa shape index (κ3) is 2.69. The standard InChI is InChI=1S/C20H19N3O2/c21-10-17-19(18(12-24)23(17)20(25)15-7-8-15)14-5-3-13(4-6-14)16-2-1-9-22-11-16/h1-6,9,11,15,17-19,24H,7-8,12H2/t17-,18+,19-/m1/s1. The molecule has 1 aliphatic carbocycles. The number of rotatable bonds is 4. The van der Waals surface area contributed by atoms with Crippen LogP contribution in [0.3, 0.4) is 0 Å². The van der Waals surface area contributed by atoms with Gasteiger partial charge in [0.1, 0.15) is 6.04 Å². The Morgan fingerprint density at radius 3 is 2.56 bits per heavy atom. The van der Waals surface area contributed by atoms with Gasteiger partial charge in [-0.05, 0) is 35.6 Å². The van der Waals surface area contributed by atoms with Gasteiger partial charge in [0, 0.05) is 24.2 Å². The number of aliphatic hydroxyl groups is 1. The number of hydrogen-bond donors (Lipinski definition) is 1. The Morgan fingerprint density at radius 2 is 2.00 bits per heavy atom. The molecule has 0 radical (unpaired) electrons. The lowest BCUT2D eigenvalue weighted by molar-refractivity contribution is -0.148. The number of hydrogen-bond acceptors (Lipinski definition) is 4. The van der Waals surface area contributed by atoms with E-state index >= 15 is 0 Å². The van der Waals surface area contributed by atoms with Crippen molar-refractivity contribution in [3.63, 3.8) is 0 Å². The van der Waals surface area contributed by atoms with Gasteiger partial charge in [-0.2, -0.15) is 5.26 Å². The van der Waals surface area contributed by atoms with E-state index in [0.717, 1.165) is 29.5 Å². The van der Waals surface area contributed by atoms with Crippen molar-refractivity contribution in [2.75, 3.05) is 6.61 Å². The number of carbonyl (C=O) groups excluding carboxylic acids is 1. The lowest BCUT2D eigenvalue weighted by atomic mass is 9.75. The molecule has 0 unspecified atom stereocenters. The molecule has 2 heterocycles. The Balaban J connectivity index is 1.58. The van der Waals surface area contributed by atoms with Crippen molar-refractivity contribution in [3.8, 4) is 17.2 Å². The molecular formula is C20H19N3O2. The molecule has 2 aromatic rings. The largest absolute Gasteiger partial charge is 0.394 e. The lowest BCUT2D eigenvalue weighted by Crippen LogP contribution is -2.65. The van der Waals surface area contributed by atoms with Gasteiger partial charge < -0.3 is 10.0 Å². The highest BCUT2D eigenvalue weighted by molar-refractivity contribution is 5.83. The molecule has 4 rings (SSSR count). The van der Waals surface area contributed by atoms with E-state index in [4.69, 9.17) is 0 Å². The van der Waals surface area contributed by atoms with Gasteiger partial charge in [-0.15, -0.1) is 0 Å². The summed E-state index contributed by atoms with van der Waals surface area (Å²) in [5.41, 5.74) is 3.07. The van der Waals surface area contributed by atoms with Crippen molar-refractivity contribution >= 4 is 5.91 Å². The van der Waals surface area contributed by atoms with Crippen LogP contribution in [0, 0.1) is 17.2 Å². The van der Waals surface area contributed by atoms with Gasteiger partial charge in [-0.1, -0.05) is 30.3 Å². The van der Waals surface area contributed by atoms with Gasteiger partial charge in [-0.3, -0.25) is 9.78 Å². The first-order valence-electron chi connectivity index (χ1n) is 8.57. The zero-order valence-electron chi connectivity index (χ0n) is 13.7. The third-order valence-corrected chi connectivity index (χ3v) is 5.20. The highest BCUT2D eigenvalue weighted by atomic mass is 16.3. The molecule has 0 spiro atoms. The van der Waals surface area contributed by atoms with Crippen LogP contribution in [-0.2, 0) is 4.79 Å². The summed E-state index contributed by atoms with van der Waals surface area (Å²) < 4.78 is 0. The molecule has 1 amide bonds. The minimum atomic E-state index is -0.491. The topological polar surface area (TPSA) is 77.2 Å². The molecule has 5 nitrogen and oxygen atoms in total. The second-order valence-electron chi connectivity index (χ2n) is 6.73. The van der Waals surface area contributed by atoms with E-state index in [1.807, 2.05) is 42.6 Å². The smallest absolute Gasteiger partial charge is 0.227 e. The van der Waals surface area contributed by atoms with Crippen molar-refractivity contribution in [2.24, 2.45) is 5.92 Å². The summed E-state index contributed by atoms with van der Waals surface area (Å²) >= 11 is 0. The summed E-state index contributed by atoms with van der Waals surface area (Å²) in [4.78, 5) is 18.1. The molecular weight excluding hydrogens is 314 g/mol. The zero-order valence-corrected chi connectivity index (χ0v) is 13.7. The molecule has 1 aromatic carbocycles. The highest BCUT2D eigenvalue weighted by Crippen LogP contribution is 2.44. The summed E-state index contributed by atoms with van der Waals surface area (Å²) in [6.07, 6.45) is 5.34. The van der Waals surface area contributed by atoms with E-state index in [1.165, 1.54) is 0 Å². The maximum Gasteiger partial charge on any atom is 0.227 e. The average Bonchev–Trinajstić information content (AvgIpc) is 3.48. The first-order valence-corrected chi connectivity index (χ1v) is 8.57. The molecule has 1 saturated carbocycles. The lowest BCUT2D eigenvalue weighted by Gasteiger charge is -2.51. The van der Waals surface area contributed by atoms with Crippen LogP contribution in [-0.4, -0.2) is 39.6 Å². The number of aliphatic hydroxyl groups excluding tert-OH is 1. The van der Waals surface area contributed by atoms with Crippen LogP contribution in [0.5, 0.6) is 0 Å². The quantitative estimate of drug-likeness (QED) is 0.931. The number of benzene rings is 1. The minimum Gasteiger partial charge on any atom is -0.394 e. The molecule has 1 saturated heterocycles. The van der Waals surface area contributed by atoms with Gasteiger partial charge in [0.25, 0.3) is 0 Å². The van der Waals surface area contributed by atoms with E-state index in [-0.39, 0.29) is 30.4 Å². The predicted octanol–water partition coefficient (Wildman–Crippen LogP) is 2.34. The third-order valence-electron chi connectivity index (χ3n) is 5.20. The first-order chi connectivity index (χ1) is 12.2. The summed E-state index contributed by atoms with van der Waals surface area (Å²) in [6, 6.07) is 13.3. The van der Waals surface area contributed by atoms with Crippen molar-refractivity contribution in [1.82, 2.24) is 9.88 Å². The molecule has 3 atom stereocenters. The van der Waals surface area contributed by atoms with E-state index in [0.29, 0.717) is 0 Å². The minimum absolute atomic E-state index is 0.0221. The van der Waals surface area contributed by atoms with Crippen molar-refractivity contribution in [1.29, 1.82) is 5.26 Å². The Labute approximate surface area is 146 Å². The Morgan fingerprint density at radius 1 is 1.24 bits per heavy atom. The number of pyridine rings is 1. The van der Waals surface area contributed by atoms with Gasteiger partial charge in [0.15, 0.2) is 0 Å². The van der Waals surface area contributed by atoms with Gasteiger partial charge in [0.05, 0.1) is 18.7 Å². The molecule has 1 aliphatic heterocycles. The molecule has 1 aromatic heterocycles. The summed E-state index contributed by atoms with van der Waals surface area (Å²) in [7, 11) is 0. The monoisotopic (exact) mass is 333 g/mol. The summed E-state index contributed by atoms with van der Waals surface area (Å²) in [5, 5.41) is 19.3. The number of nitrogens with zero attached hydrogens (tertiary/aromatic N) is 3. The summed E-state index contributed by atoms with van der Waals surface area (Å²) in [5.74, 6) is -0.0618. The van der Waals surface area contributed by atoms with E-state index < -0.39 is 6.04 Å². The second-order valence-corrected chi connectivity index (χ2v) is 6.73. The van der Waals surface area contributed by atoms with Crippen LogP contribution in [0.2, 0.25) is 0 Å². The van der Waals surface area contributed by atoms with E-state index in [9.17, 15) is 15.2 Å². The number of amides is 1. The zero-order chi connectivity index (χ0) is 17.4. The molecule has 126 valence electrons. The van der Waals surface area contributed by atoms with Gasteiger partial charge in [-0.25, -0.2) is 0 Å². The van der Waals surface area contributed by atoms with Crippen molar-refractivity contribution in [2.45, 2.75) is 30.8 Å². The SMILES string of the molecule is N#C[C@@H]1[C@@H](c2ccc(-c3cccnc3)cc2)[C@H](CO)N1C(=O)C1CC1.